The van der Waals surface area contributed by atoms with E-state index in [-0.39, 0.29) is 21.7 Å². The van der Waals surface area contributed by atoms with E-state index in [9.17, 15) is 0 Å². The molecule has 0 aliphatic heterocycles. The lowest BCUT2D eigenvalue weighted by Gasteiger charge is -2.27. The molecule has 0 bridgehead atoms. The summed E-state index contributed by atoms with van der Waals surface area (Å²) in [5.41, 5.74) is 44.7. The van der Waals surface area contributed by atoms with Gasteiger partial charge in [-0.3, -0.25) is 0 Å². The number of para-hydroxylation sites is 4. The Morgan fingerprint density at radius 2 is 0.392 bits per heavy atom. The van der Waals surface area contributed by atoms with Gasteiger partial charge in [-0.2, -0.15) is 0 Å². The maximum atomic E-state index is 6.46. The average Bonchev–Trinajstić information content (AvgIpc) is 1.59. The highest BCUT2D eigenvalue weighted by molar-refractivity contribution is 6.09. The molecule has 0 saturated heterocycles. The number of hydrogen-bond acceptors (Lipinski definition) is 5. The molecule has 4 aliphatic carbocycles. The van der Waals surface area contributed by atoms with E-state index < -0.39 is 0 Å². The summed E-state index contributed by atoms with van der Waals surface area (Å²) in [7, 11) is 0. The molecule has 4 aliphatic rings. The van der Waals surface area contributed by atoms with E-state index in [1.807, 2.05) is 36.4 Å². The second-order valence-electron chi connectivity index (χ2n) is 36.7. The summed E-state index contributed by atoms with van der Waals surface area (Å²) in [6.45, 7) is 18.9. The van der Waals surface area contributed by atoms with Crippen molar-refractivity contribution in [2.45, 2.75) is 77.0 Å². The predicted octanol–water partition coefficient (Wildman–Crippen LogP) is 33.6. The fourth-order valence-electron chi connectivity index (χ4n) is 21.6. The van der Waals surface area contributed by atoms with Crippen LogP contribution in [0.2, 0.25) is 0 Å². The van der Waals surface area contributed by atoms with Crippen molar-refractivity contribution in [3.05, 3.63) is 433 Å². The molecule has 18 aromatic carbocycles. The number of benzene rings is 18. The smallest absolute Gasteiger partial charge is 0.137 e. The zero-order valence-electron chi connectivity index (χ0n) is 71.1. The molecule has 0 radical (unpaired) electrons. The Morgan fingerprint density at radius 3 is 0.728 bits per heavy atom. The molecule has 21 aromatic rings. The van der Waals surface area contributed by atoms with Gasteiger partial charge >= 0.3 is 0 Å². The molecule has 3 aromatic heterocycles. The van der Waals surface area contributed by atoms with E-state index in [2.05, 4.69) is 417 Å². The Bertz CT molecular complexity index is 7690. The van der Waals surface area contributed by atoms with Gasteiger partial charge in [0, 0.05) is 106 Å². The Hall–Kier alpha value is -15.0. The van der Waals surface area contributed by atoms with Crippen LogP contribution in [0, 0.1) is 0 Å². The van der Waals surface area contributed by atoms with E-state index in [0.29, 0.717) is 0 Å². The van der Waals surface area contributed by atoms with Gasteiger partial charge in [-0.1, -0.05) is 286 Å². The Morgan fingerprint density at radius 1 is 0.152 bits per heavy atom. The van der Waals surface area contributed by atoms with Crippen LogP contribution in [0.25, 0.3) is 166 Å². The topological polar surface area (TPSA) is 45.9 Å². The number of fused-ring (bicyclic) bond motifs is 21. The molecule has 25 rings (SSSR count). The highest BCUT2D eigenvalue weighted by Gasteiger charge is 2.40. The van der Waals surface area contributed by atoms with Crippen molar-refractivity contribution in [1.29, 1.82) is 0 Å². The first kappa shape index (κ1) is 73.8. The lowest BCUT2D eigenvalue weighted by molar-refractivity contribution is 0.660. The number of rotatable bonds is 11. The largest absolute Gasteiger partial charge is 0.456 e. The molecule has 596 valence electrons. The first-order valence-corrected chi connectivity index (χ1v) is 43.7. The molecular weight excluding hydrogens is 1520 g/mol. The maximum Gasteiger partial charge on any atom is 0.137 e. The van der Waals surface area contributed by atoms with Crippen LogP contribution < -0.4 is 9.80 Å². The van der Waals surface area contributed by atoms with E-state index in [1.54, 1.807) is 0 Å². The molecule has 0 spiro atoms. The van der Waals surface area contributed by atoms with Crippen molar-refractivity contribution in [1.82, 2.24) is 0 Å². The third-order valence-corrected chi connectivity index (χ3v) is 28.1. The first-order chi connectivity index (χ1) is 60.9. The van der Waals surface area contributed by atoms with Crippen LogP contribution in [0.1, 0.15) is 99.9 Å². The van der Waals surface area contributed by atoms with Crippen molar-refractivity contribution in [2.75, 3.05) is 9.80 Å². The predicted molar refractivity (Wildman–Crippen MR) is 522 cm³/mol. The summed E-state index contributed by atoms with van der Waals surface area (Å²) < 4.78 is 19.4. The number of furan rings is 3. The highest BCUT2D eigenvalue weighted by atomic mass is 16.3. The molecule has 0 N–H and O–H groups in total. The van der Waals surface area contributed by atoms with Gasteiger partial charge in [0.1, 0.15) is 33.5 Å². The lowest BCUT2D eigenvalue weighted by atomic mass is 9.81. The average molecular weight is 1610 g/mol. The Labute approximate surface area is 728 Å². The van der Waals surface area contributed by atoms with Gasteiger partial charge in [0.15, 0.2) is 0 Å². The molecule has 5 nitrogen and oxygen atoms in total. The maximum absolute atomic E-state index is 6.46. The molecule has 0 unspecified atom stereocenters. The minimum atomic E-state index is -0.103. The van der Waals surface area contributed by atoms with Gasteiger partial charge in [-0.15, -0.1) is 0 Å². The first-order valence-electron chi connectivity index (χ1n) is 43.7. The molecule has 0 amide bonds. The van der Waals surface area contributed by atoms with Gasteiger partial charge in [0.05, 0.1) is 0 Å². The number of nitrogens with zero attached hydrogens (tertiary/aromatic N) is 2. The second kappa shape index (κ2) is 27.7. The van der Waals surface area contributed by atoms with E-state index in [0.717, 1.165) is 106 Å². The lowest BCUT2D eigenvalue weighted by Crippen LogP contribution is -2.15. The molecule has 0 atom stereocenters. The minimum Gasteiger partial charge on any atom is -0.456 e. The zero-order chi connectivity index (χ0) is 83.9. The van der Waals surface area contributed by atoms with Crippen molar-refractivity contribution in [3.8, 4) is 100 Å². The van der Waals surface area contributed by atoms with Crippen LogP contribution in [0.3, 0.4) is 0 Å². The minimum absolute atomic E-state index is 0.0962. The van der Waals surface area contributed by atoms with Crippen LogP contribution >= 0.6 is 0 Å². The van der Waals surface area contributed by atoms with Gasteiger partial charge in [0.2, 0.25) is 0 Å². The number of hydrogen-bond donors (Lipinski definition) is 0. The molecule has 0 saturated carbocycles. The van der Waals surface area contributed by atoms with Crippen molar-refractivity contribution in [2.24, 2.45) is 0 Å². The van der Waals surface area contributed by atoms with Crippen molar-refractivity contribution >= 4 is 99.9 Å². The number of anilines is 6. The Kier molecular flexibility index (Phi) is 16.4. The normalized spacial score (nSPS) is 14.2. The van der Waals surface area contributed by atoms with Gasteiger partial charge in [-0.05, 0) is 284 Å². The molecular formula is C120H88N2O3. The summed E-state index contributed by atoms with van der Waals surface area (Å²) in [6, 6.07) is 143. The molecule has 125 heavy (non-hydrogen) atoms. The van der Waals surface area contributed by atoms with Crippen LogP contribution in [0.4, 0.5) is 34.1 Å². The van der Waals surface area contributed by atoms with Crippen LogP contribution in [-0.4, -0.2) is 0 Å². The fourth-order valence-corrected chi connectivity index (χ4v) is 21.6. The van der Waals surface area contributed by atoms with Crippen molar-refractivity contribution in [3.63, 3.8) is 0 Å². The third kappa shape index (κ3) is 11.7. The zero-order valence-corrected chi connectivity index (χ0v) is 71.1. The SMILES string of the molecule is CC1(C)c2ccccc2-c2ccc(-c3cc(-c4ccc(N(c5ccc6c(c5)oc5ccccc56)c5ccc6c(c5)oc5ccccc56)cc4)cc(-c4ccc5c(c4)C(C)(C)c4ccccc4-5)c3)cc21.CC1(C)c2ccccc2-c2ccc(-c3cc(-c4ccc5c(c4)C(C)(C)c4ccccc4-5)cc(N(c4ccccc4)c4ccc5c(c4)oc4ccccc45)c3)cc21. The quantitative estimate of drug-likeness (QED) is 0.129. The summed E-state index contributed by atoms with van der Waals surface area (Å²) in [5, 5.41) is 6.68. The standard InChI is InChI=1S/C66H47NO2.C54H41NO/c1-65(2)57-17-9-5-13-49(57)51-29-23-41(36-59(51)65)44-33-43(34-45(35-44)42-24-30-52-50-14-6-10-18-58(50)66(3,4)60(52)37-42)40-21-25-46(26-22-40)67(47-27-31-55-53-15-7-11-19-61(53)68-63(55)38-47)48-28-32-56-54-16-8-12-20-62(54)69-64(56)39-48;1-53(2)47-19-11-8-16-41(47)43-25-22-34(31-49(43)53)36-28-37(35-23-26-44-42-17-9-12-20-48(42)54(3,4)50(44)32-35)30-40(29-36)55(38-14-6-5-7-15-38)39-24-27-46-45-18-10-13-21-51(45)56-52(46)33-39/h5-39H,1-4H3;5-33H,1-4H3. The monoisotopic (exact) mass is 1600 g/mol. The van der Waals surface area contributed by atoms with Gasteiger partial charge in [0.25, 0.3) is 0 Å². The fraction of sp³-hybridized carbons (Fsp3) is 0.100. The van der Waals surface area contributed by atoms with Crippen LogP contribution in [0.5, 0.6) is 0 Å². The second-order valence-corrected chi connectivity index (χ2v) is 36.7. The summed E-state index contributed by atoms with van der Waals surface area (Å²) >= 11 is 0. The van der Waals surface area contributed by atoms with E-state index in [1.165, 1.54) is 139 Å². The van der Waals surface area contributed by atoms with Gasteiger partial charge in [-0.25, -0.2) is 0 Å². The van der Waals surface area contributed by atoms with Crippen LogP contribution in [-0.2, 0) is 21.7 Å². The third-order valence-electron chi connectivity index (χ3n) is 28.1. The van der Waals surface area contributed by atoms with Crippen molar-refractivity contribution < 1.29 is 13.3 Å². The molecule has 3 heterocycles. The van der Waals surface area contributed by atoms with E-state index in [4.69, 9.17) is 13.3 Å². The summed E-state index contributed by atoms with van der Waals surface area (Å²) in [4.78, 5) is 4.68. The summed E-state index contributed by atoms with van der Waals surface area (Å²) in [5.74, 6) is 0. The highest BCUT2D eigenvalue weighted by Crippen LogP contribution is 2.56. The molecule has 5 heteroatoms. The molecule has 0 fully saturated rings. The Balaban J connectivity index is 0.000000143. The van der Waals surface area contributed by atoms with E-state index >= 15 is 0 Å². The van der Waals surface area contributed by atoms with Crippen LogP contribution in [0.15, 0.2) is 401 Å². The summed E-state index contributed by atoms with van der Waals surface area (Å²) in [6.07, 6.45) is 0. The van der Waals surface area contributed by atoms with Gasteiger partial charge < -0.3 is 23.1 Å².